The molecule has 3 aromatic rings. The fourth-order valence-electron chi connectivity index (χ4n) is 4.27. The third-order valence-corrected chi connectivity index (χ3v) is 7.69. The molecular formula is C26H26N4O4S. The lowest BCUT2D eigenvalue weighted by Gasteiger charge is -2.27. The molecule has 2 amide bonds. The number of nitriles is 1. The molecule has 0 atom stereocenters. The van der Waals surface area contributed by atoms with Crippen LogP contribution in [-0.4, -0.2) is 42.8 Å². The first kappa shape index (κ1) is 24.2. The number of hydrogen-bond donors (Lipinski definition) is 1. The number of benzene rings is 2. The summed E-state index contributed by atoms with van der Waals surface area (Å²) in [5, 5.41) is 13.1. The maximum Gasteiger partial charge on any atom is 0.242 e. The molecule has 0 aliphatic carbocycles. The number of nitrogens with one attached hydrogen (secondary N) is 1. The Kier molecular flexibility index (Phi) is 7.03. The van der Waals surface area contributed by atoms with Crippen molar-refractivity contribution in [1.29, 1.82) is 5.26 Å². The van der Waals surface area contributed by atoms with Crippen molar-refractivity contribution >= 4 is 44.3 Å². The molecule has 180 valence electrons. The molecule has 8 nitrogen and oxygen atoms in total. The van der Waals surface area contributed by atoms with E-state index in [4.69, 9.17) is 0 Å². The first-order chi connectivity index (χ1) is 16.8. The molecule has 1 aliphatic heterocycles. The number of amides is 2. The molecule has 1 aliphatic rings. The van der Waals surface area contributed by atoms with Gasteiger partial charge in [0.05, 0.1) is 4.90 Å². The summed E-state index contributed by atoms with van der Waals surface area (Å²) in [6, 6.07) is 14.9. The highest BCUT2D eigenvalue weighted by Gasteiger charge is 2.23. The van der Waals surface area contributed by atoms with Crippen molar-refractivity contribution in [2.75, 3.05) is 18.4 Å². The number of para-hydroxylation sites is 1. The lowest BCUT2D eigenvalue weighted by Crippen LogP contribution is -2.37. The van der Waals surface area contributed by atoms with Crippen LogP contribution in [0.1, 0.15) is 31.7 Å². The first-order valence-corrected chi connectivity index (χ1v) is 12.9. The van der Waals surface area contributed by atoms with E-state index in [1.165, 1.54) is 37.3 Å². The molecule has 0 spiro atoms. The van der Waals surface area contributed by atoms with Crippen LogP contribution in [0.25, 0.3) is 17.0 Å². The van der Waals surface area contributed by atoms with E-state index in [-0.39, 0.29) is 23.3 Å². The molecule has 1 N–H and O–H groups in total. The number of fused-ring (bicyclic) bond motifs is 1. The summed E-state index contributed by atoms with van der Waals surface area (Å²) in [4.78, 5) is 25.5. The number of sulfone groups is 1. The summed E-state index contributed by atoms with van der Waals surface area (Å²) in [5.74, 6) is -0.248. The molecule has 1 saturated heterocycles. The Bertz CT molecular complexity index is 1440. The quantitative estimate of drug-likeness (QED) is 0.526. The van der Waals surface area contributed by atoms with Crippen LogP contribution in [0, 0.1) is 11.3 Å². The van der Waals surface area contributed by atoms with Gasteiger partial charge in [0.15, 0.2) is 0 Å². The van der Waals surface area contributed by atoms with Crippen molar-refractivity contribution < 1.29 is 18.0 Å². The maximum absolute atomic E-state index is 13.2. The van der Waals surface area contributed by atoms with Crippen molar-refractivity contribution in [3.05, 3.63) is 65.2 Å². The van der Waals surface area contributed by atoms with E-state index in [2.05, 4.69) is 5.32 Å². The fraction of sp³-hybridized carbons (Fsp3) is 0.269. The van der Waals surface area contributed by atoms with Crippen LogP contribution in [0.2, 0.25) is 0 Å². The zero-order valence-electron chi connectivity index (χ0n) is 19.4. The Hall–Kier alpha value is -3.90. The fourth-order valence-corrected chi connectivity index (χ4v) is 5.42. The van der Waals surface area contributed by atoms with Crippen LogP contribution >= 0.6 is 0 Å². The molecule has 4 rings (SSSR count). The van der Waals surface area contributed by atoms with Gasteiger partial charge in [0.25, 0.3) is 0 Å². The van der Waals surface area contributed by atoms with Crippen LogP contribution in [-0.2, 0) is 26.0 Å². The van der Waals surface area contributed by atoms with Crippen molar-refractivity contribution in [2.24, 2.45) is 0 Å². The van der Waals surface area contributed by atoms with Crippen LogP contribution < -0.4 is 5.32 Å². The Labute approximate surface area is 204 Å². The van der Waals surface area contributed by atoms with Gasteiger partial charge in [-0.2, -0.15) is 5.26 Å². The molecule has 0 saturated carbocycles. The highest BCUT2D eigenvalue weighted by Crippen LogP contribution is 2.28. The van der Waals surface area contributed by atoms with Gasteiger partial charge in [-0.1, -0.05) is 18.2 Å². The monoisotopic (exact) mass is 490 g/mol. The maximum atomic E-state index is 13.2. The Balaban J connectivity index is 1.68. The van der Waals surface area contributed by atoms with Gasteiger partial charge in [-0.25, -0.2) is 8.42 Å². The summed E-state index contributed by atoms with van der Waals surface area (Å²) in [7, 11) is -4.09. The minimum absolute atomic E-state index is 0.0216. The zero-order chi connectivity index (χ0) is 25.0. The standard InChI is InChI=1S/C26H26N4O4S/c1-19(31)28-21-9-11-22(12-10-21)35(33,34)23(16-27)15-20-17-30(25-8-4-3-7-24(20)25)18-26(32)29-13-5-2-6-14-29/h3-4,7-12,15,17H,2,5-6,13-14,18H2,1H3,(H,28,31)/b23-15+. The van der Waals surface area contributed by atoms with E-state index in [0.717, 1.165) is 43.3 Å². The Morgan fingerprint density at radius 2 is 1.74 bits per heavy atom. The van der Waals surface area contributed by atoms with Gasteiger partial charge in [0, 0.05) is 48.4 Å². The van der Waals surface area contributed by atoms with Gasteiger partial charge in [-0.3, -0.25) is 9.59 Å². The summed E-state index contributed by atoms with van der Waals surface area (Å²) in [6.07, 6.45) is 6.20. The molecule has 2 aromatic carbocycles. The molecule has 1 fully saturated rings. The van der Waals surface area contributed by atoms with Gasteiger partial charge in [0.2, 0.25) is 21.7 Å². The first-order valence-electron chi connectivity index (χ1n) is 11.4. The number of anilines is 1. The van der Waals surface area contributed by atoms with Crippen LogP contribution in [0.15, 0.2) is 64.5 Å². The Morgan fingerprint density at radius 1 is 1.06 bits per heavy atom. The van der Waals surface area contributed by atoms with Crippen LogP contribution in [0.5, 0.6) is 0 Å². The summed E-state index contributed by atoms with van der Waals surface area (Å²) in [6.45, 7) is 3.01. The number of nitrogens with zero attached hydrogens (tertiary/aromatic N) is 3. The average Bonchev–Trinajstić information content (AvgIpc) is 3.20. The molecule has 0 bridgehead atoms. The smallest absolute Gasteiger partial charge is 0.242 e. The largest absolute Gasteiger partial charge is 0.341 e. The predicted molar refractivity (Wildman–Crippen MR) is 134 cm³/mol. The van der Waals surface area contributed by atoms with Crippen molar-refractivity contribution in [3.63, 3.8) is 0 Å². The number of carbonyl (C=O) groups excluding carboxylic acids is 2. The predicted octanol–water partition coefficient (Wildman–Crippen LogP) is 3.95. The van der Waals surface area contributed by atoms with E-state index in [0.29, 0.717) is 11.3 Å². The highest BCUT2D eigenvalue weighted by atomic mass is 32.2. The SMILES string of the molecule is CC(=O)Nc1ccc(S(=O)(=O)/C(C#N)=C/c2cn(CC(=O)N3CCCCC3)c3ccccc23)cc1. The number of carbonyl (C=O) groups is 2. The van der Waals surface area contributed by atoms with Gasteiger partial charge in [-0.15, -0.1) is 0 Å². The van der Waals surface area contributed by atoms with Gasteiger partial charge >= 0.3 is 0 Å². The number of aromatic nitrogens is 1. The number of piperidine rings is 1. The molecule has 9 heteroatoms. The molecule has 2 heterocycles. The number of likely N-dealkylation sites (tertiary alicyclic amines) is 1. The summed E-state index contributed by atoms with van der Waals surface area (Å²) < 4.78 is 28.2. The normalized spacial score (nSPS) is 14.5. The molecule has 35 heavy (non-hydrogen) atoms. The van der Waals surface area contributed by atoms with Gasteiger partial charge in [0.1, 0.15) is 17.5 Å². The number of rotatable bonds is 6. The highest BCUT2D eigenvalue weighted by molar-refractivity contribution is 7.95. The van der Waals surface area contributed by atoms with Crippen molar-refractivity contribution in [3.8, 4) is 6.07 Å². The number of allylic oxidation sites excluding steroid dienone is 1. The molecular weight excluding hydrogens is 464 g/mol. The minimum atomic E-state index is -4.09. The van der Waals surface area contributed by atoms with E-state index in [1.807, 2.05) is 39.8 Å². The second-order valence-electron chi connectivity index (χ2n) is 8.50. The summed E-state index contributed by atoms with van der Waals surface area (Å²) in [5.41, 5.74) is 1.79. The third-order valence-electron chi connectivity index (χ3n) is 6.01. The minimum Gasteiger partial charge on any atom is -0.341 e. The molecule has 1 aromatic heterocycles. The average molecular weight is 491 g/mol. The number of hydrogen-bond acceptors (Lipinski definition) is 5. The van der Waals surface area contributed by atoms with E-state index in [1.54, 1.807) is 6.20 Å². The summed E-state index contributed by atoms with van der Waals surface area (Å²) >= 11 is 0. The Morgan fingerprint density at radius 3 is 2.40 bits per heavy atom. The van der Waals surface area contributed by atoms with Gasteiger partial charge in [-0.05, 0) is 55.7 Å². The topological polar surface area (TPSA) is 112 Å². The van der Waals surface area contributed by atoms with Crippen molar-refractivity contribution in [2.45, 2.75) is 37.6 Å². The zero-order valence-corrected chi connectivity index (χ0v) is 20.2. The van der Waals surface area contributed by atoms with Crippen LogP contribution in [0.3, 0.4) is 0 Å². The van der Waals surface area contributed by atoms with Crippen molar-refractivity contribution in [1.82, 2.24) is 9.47 Å². The molecule has 0 radical (unpaired) electrons. The van der Waals surface area contributed by atoms with Gasteiger partial charge < -0.3 is 14.8 Å². The third kappa shape index (κ3) is 5.28. The second-order valence-corrected chi connectivity index (χ2v) is 10.4. The van der Waals surface area contributed by atoms with E-state index in [9.17, 15) is 23.3 Å². The van der Waals surface area contributed by atoms with Crippen LogP contribution in [0.4, 0.5) is 5.69 Å². The lowest BCUT2D eigenvalue weighted by atomic mass is 10.1. The second kappa shape index (κ2) is 10.2. The van der Waals surface area contributed by atoms with E-state index >= 15 is 0 Å². The van der Waals surface area contributed by atoms with E-state index < -0.39 is 14.7 Å². The lowest BCUT2D eigenvalue weighted by molar-refractivity contribution is -0.132. The molecule has 0 unspecified atom stereocenters.